The molecule has 3 aromatic rings. The van der Waals surface area contributed by atoms with Crippen LogP contribution in [0.25, 0.3) is 11.1 Å². The zero-order valence-electron chi connectivity index (χ0n) is 12.7. The van der Waals surface area contributed by atoms with Crippen molar-refractivity contribution in [2.45, 2.75) is 18.8 Å². The van der Waals surface area contributed by atoms with Crippen LogP contribution in [0.5, 0.6) is 0 Å². The van der Waals surface area contributed by atoms with E-state index in [2.05, 4.69) is 15.6 Å². The standard InChI is InChI=1S/C17H15N3O4/c21-15(9-18-16(22)14-2-1-7-23-14)19-11-5-6-13-12(8-11)20-17(24-13)10-3-4-10/h1-2,5-8,10H,3-4,9H2,(H,18,22)(H,19,21). The van der Waals surface area contributed by atoms with Gasteiger partial charge in [0.05, 0.1) is 12.8 Å². The lowest BCUT2D eigenvalue weighted by atomic mass is 10.3. The number of nitrogens with zero attached hydrogens (tertiary/aromatic N) is 1. The van der Waals surface area contributed by atoms with E-state index in [4.69, 9.17) is 8.83 Å². The molecule has 0 radical (unpaired) electrons. The summed E-state index contributed by atoms with van der Waals surface area (Å²) in [7, 11) is 0. The number of benzene rings is 1. The molecular weight excluding hydrogens is 310 g/mol. The van der Waals surface area contributed by atoms with Gasteiger partial charge in [-0.05, 0) is 43.2 Å². The molecule has 24 heavy (non-hydrogen) atoms. The third-order valence-electron chi connectivity index (χ3n) is 3.77. The summed E-state index contributed by atoms with van der Waals surface area (Å²) in [6.07, 6.45) is 3.63. The van der Waals surface area contributed by atoms with Gasteiger partial charge in [0.2, 0.25) is 5.91 Å². The number of hydrogen-bond donors (Lipinski definition) is 2. The normalized spacial score (nSPS) is 13.8. The lowest BCUT2D eigenvalue weighted by Crippen LogP contribution is -2.32. The first-order chi connectivity index (χ1) is 11.7. The first-order valence-corrected chi connectivity index (χ1v) is 7.71. The van der Waals surface area contributed by atoms with Crippen LogP contribution >= 0.6 is 0 Å². The molecule has 0 spiro atoms. The quantitative estimate of drug-likeness (QED) is 0.751. The number of carbonyl (C=O) groups is 2. The molecule has 1 aliphatic rings. The van der Waals surface area contributed by atoms with Crippen molar-refractivity contribution in [2.75, 3.05) is 11.9 Å². The van der Waals surface area contributed by atoms with Crippen molar-refractivity contribution in [3.05, 3.63) is 48.2 Å². The number of fused-ring (bicyclic) bond motifs is 1. The highest BCUT2D eigenvalue weighted by molar-refractivity contribution is 5.98. The molecule has 4 rings (SSSR count). The number of aromatic nitrogens is 1. The summed E-state index contributed by atoms with van der Waals surface area (Å²) in [5.74, 6) is 0.599. The van der Waals surface area contributed by atoms with E-state index in [9.17, 15) is 9.59 Å². The van der Waals surface area contributed by atoms with E-state index < -0.39 is 5.91 Å². The molecule has 0 atom stereocenters. The second-order valence-electron chi connectivity index (χ2n) is 5.72. The monoisotopic (exact) mass is 325 g/mol. The number of nitrogens with one attached hydrogen (secondary N) is 2. The summed E-state index contributed by atoms with van der Waals surface area (Å²) in [6, 6.07) is 8.43. The van der Waals surface area contributed by atoms with Crippen molar-refractivity contribution < 1.29 is 18.4 Å². The van der Waals surface area contributed by atoms with E-state index in [1.54, 1.807) is 24.3 Å². The fourth-order valence-corrected chi connectivity index (χ4v) is 2.39. The lowest BCUT2D eigenvalue weighted by Gasteiger charge is -2.05. The number of oxazole rings is 1. The highest BCUT2D eigenvalue weighted by Crippen LogP contribution is 2.40. The van der Waals surface area contributed by atoms with E-state index in [1.807, 2.05) is 0 Å². The molecule has 1 fully saturated rings. The van der Waals surface area contributed by atoms with Gasteiger partial charge in [0.1, 0.15) is 5.52 Å². The van der Waals surface area contributed by atoms with E-state index in [-0.39, 0.29) is 18.2 Å². The second kappa shape index (κ2) is 5.84. The van der Waals surface area contributed by atoms with E-state index >= 15 is 0 Å². The minimum Gasteiger partial charge on any atom is -0.459 e. The van der Waals surface area contributed by atoms with Gasteiger partial charge in [-0.25, -0.2) is 4.98 Å². The number of carbonyl (C=O) groups excluding carboxylic acids is 2. The Balaban J connectivity index is 1.38. The van der Waals surface area contributed by atoms with Crippen molar-refractivity contribution in [3.8, 4) is 0 Å². The number of amides is 2. The van der Waals surface area contributed by atoms with Crippen molar-refractivity contribution in [1.29, 1.82) is 0 Å². The predicted octanol–water partition coefficient (Wildman–Crippen LogP) is 2.67. The molecule has 7 heteroatoms. The topological polar surface area (TPSA) is 97.4 Å². The van der Waals surface area contributed by atoms with E-state index in [0.29, 0.717) is 22.7 Å². The maximum atomic E-state index is 11.9. The van der Waals surface area contributed by atoms with Gasteiger partial charge in [-0.2, -0.15) is 0 Å². The third-order valence-corrected chi connectivity index (χ3v) is 3.77. The molecule has 1 aliphatic carbocycles. The Morgan fingerprint density at radius 2 is 2.12 bits per heavy atom. The fraction of sp³-hybridized carbons (Fsp3) is 0.235. The van der Waals surface area contributed by atoms with Gasteiger partial charge >= 0.3 is 0 Å². The SMILES string of the molecule is O=C(CNC(=O)c1ccco1)Nc1ccc2oc(C3CC3)nc2c1. The van der Waals surface area contributed by atoms with Crippen LogP contribution in [0.4, 0.5) is 5.69 Å². The van der Waals surface area contributed by atoms with Crippen LogP contribution in [-0.4, -0.2) is 23.3 Å². The summed E-state index contributed by atoms with van der Waals surface area (Å²) in [4.78, 5) is 28.1. The van der Waals surface area contributed by atoms with Crippen LogP contribution in [-0.2, 0) is 4.79 Å². The zero-order chi connectivity index (χ0) is 16.5. The fourth-order valence-electron chi connectivity index (χ4n) is 2.39. The Morgan fingerprint density at radius 3 is 2.88 bits per heavy atom. The molecule has 1 aromatic carbocycles. The number of rotatable bonds is 5. The van der Waals surface area contributed by atoms with Gasteiger partial charge in [0.25, 0.3) is 5.91 Å². The summed E-state index contributed by atoms with van der Waals surface area (Å²) >= 11 is 0. The number of furan rings is 1. The van der Waals surface area contributed by atoms with Crippen LogP contribution in [0.3, 0.4) is 0 Å². The number of hydrogen-bond acceptors (Lipinski definition) is 5. The minimum absolute atomic E-state index is 0.149. The molecule has 2 heterocycles. The molecule has 0 unspecified atom stereocenters. The molecule has 2 aromatic heterocycles. The summed E-state index contributed by atoms with van der Waals surface area (Å²) < 4.78 is 10.6. The van der Waals surface area contributed by atoms with Crippen LogP contribution in [0.15, 0.2) is 45.4 Å². The summed E-state index contributed by atoms with van der Waals surface area (Å²) in [6.45, 7) is -0.149. The van der Waals surface area contributed by atoms with E-state index in [1.165, 1.54) is 12.3 Å². The first kappa shape index (κ1) is 14.5. The van der Waals surface area contributed by atoms with Crippen LogP contribution in [0, 0.1) is 0 Å². The smallest absolute Gasteiger partial charge is 0.287 e. The van der Waals surface area contributed by atoms with Gasteiger partial charge in [0, 0.05) is 11.6 Å². The second-order valence-corrected chi connectivity index (χ2v) is 5.72. The molecule has 0 aliphatic heterocycles. The predicted molar refractivity (Wildman–Crippen MR) is 85.7 cm³/mol. The average Bonchev–Trinajstić information content (AvgIpc) is 3.11. The van der Waals surface area contributed by atoms with Gasteiger partial charge < -0.3 is 19.5 Å². The van der Waals surface area contributed by atoms with Gasteiger partial charge in [-0.1, -0.05) is 0 Å². The van der Waals surface area contributed by atoms with Crippen molar-refractivity contribution >= 4 is 28.6 Å². The maximum absolute atomic E-state index is 11.9. The largest absolute Gasteiger partial charge is 0.459 e. The minimum atomic E-state index is -0.434. The van der Waals surface area contributed by atoms with Crippen molar-refractivity contribution in [1.82, 2.24) is 10.3 Å². The van der Waals surface area contributed by atoms with Gasteiger partial charge in [-0.15, -0.1) is 0 Å². The molecule has 0 saturated heterocycles. The molecule has 7 nitrogen and oxygen atoms in total. The Labute approximate surface area is 137 Å². The Hall–Kier alpha value is -3.09. The molecular formula is C17H15N3O4. The molecule has 2 N–H and O–H groups in total. The first-order valence-electron chi connectivity index (χ1n) is 7.71. The van der Waals surface area contributed by atoms with Crippen molar-refractivity contribution in [2.24, 2.45) is 0 Å². The van der Waals surface area contributed by atoms with Gasteiger partial charge in [0.15, 0.2) is 17.2 Å². The van der Waals surface area contributed by atoms with E-state index in [0.717, 1.165) is 18.7 Å². The zero-order valence-corrected chi connectivity index (χ0v) is 12.7. The lowest BCUT2D eigenvalue weighted by molar-refractivity contribution is -0.115. The van der Waals surface area contributed by atoms with Crippen LogP contribution in [0.2, 0.25) is 0 Å². The molecule has 1 saturated carbocycles. The van der Waals surface area contributed by atoms with Gasteiger partial charge in [-0.3, -0.25) is 9.59 Å². The summed E-state index contributed by atoms with van der Waals surface area (Å²) in [5, 5.41) is 5.21. The number of anilines is 1. The molecule has 0 bridgehead atoms. The highest BCUT2D eigenvalue weighted by Gasteiger charge is 2.28. The van der Waals surface area contributed by atoms with Crippen LogP contribution in [0.1, 0.15) is 35.2 Å². The Kier molecular flexibility index (Phi) is 3.53. The van der Waals surface area contributed by atoms with Crippen molar-refractivity contribution in [3.63, 3.8) is 0 Å². The van der Waals surface area contributed by atoms with Crippen LogP contribution < -0.4 is 10.6 Å². The Bertz CT molecular complexity index is 894. The summed E-state index contributed by atoms with van der Waals surface area (Å²) in [5.41, 5.74) is 2.03. The molecule has 2 amide bonds. The average molecular weight is 325 g/mol. The highest BCUT2D eigenvalue weighted by atomic mass is 16.3. The maximum Gasteiger partial charge on any atom is 0.287 e. The molecule has 122 valence electrons. The third kappa shape index (κ3) is 3.01. The Morgan fingerprint density at radius 1 is 1.25 bits per heavy atom.